The van der Waals surface area contributed by atoms with Crippen LogP contribution in [0.15, 0.2) is 152 Å². The number of benzene rings is 5. The Bertz CT molecular complexity index is 2130. The van der Waals surface area contributed by atoms with E-state index in [-0.39, 0.29) is 0 Å². The summed E-state index contributed by atoms with van der Waals surface area (Å²) in [7, 11) is 0. The third kappa shape index (κ3) is 4.28. The molecule has 0 radical (unpaired) electrons. The zero-order chi connectivity index (χ0) is 28.8. The molecule has 0 bridgehead atoms. The summed E-state index contributed by atoms with van der Waals surface area (Å²) in [5.41, 5.74) is 7.50. The molecule has 0 aliphatic carbocycles. The van der Waals surface area contributed by atoms with E-state index in [1.807, 2.05) is 58.0 Å². The van der Waals surface area contributed by atoms with Gasteiger partial charge >= 0.3 is 0 Å². The number of aromatic nitrogens is 5. The molecular formula is C37H28N6. The van der Waals surface area contributed by atoms with Crippen LogP contribution in [0, 0.1) is 6.92 Å². The lowest BCUT2D eigenvalue weighted by Gasteiger charge is -2.20. The third-order valence-corrected chi connectivity index (χ3v) is 7.88. The Morgan fingerprint density at radius 3 is 1.74 bits per heavy atom. The van der Waals surface area contributed by atoms with Crippen LogP contribution in [0.2, 0.25) is 0 Å². The molecule has 0 unspecified atom stereocenters. The second-order valence-corrected chi connectivity index (χ2v) is 10.6. The van der Waals surface area contributed by atoms with Crippen LogP contribution in [0.4, 0.5) is 17.3 Å². The zero-order valence-electron chi connectivity index (χ0n) is 23.6. The molecular weight excluding hydrogens is 528 g/mol. The molecule has 0 amide bonds. The number of nitrogens with zero attached hydrogens (tertiary/aromatic N) is 6. The zero-order valence-corrected chi connectivity index (χ0v) is 23.6. The molecule has 0 saturated heterocycles. The molecule has 5 aromatic carbocycles. The van der Waals surface area contributed by atoms with E-state index in [1.165, 1.54) is 21.8 Å². The fourth-order valence-corrected chi connectivity index (χ4v) is 5.89. The van der Waals surface area contributed by atoms with Crippen molar-refractivity contribution >= 4 is 39.1 Å². The van der Waals surface area contributed by atoms with E-state index in [0.29, 0.717) is 0 Å². The fourth-order valence-electron chi connectivity index (χ4n) is 5.89. The van der Waals surface area contributed by atoms with Crippen LogP contribution in [0.3, 0.4) is 0 Å². The molecule has 0 aliphatic heterocycles. The molecule has 0 atom stereocenters. The normalized spacial score (nSPS) is 11.4. The van der Waals surface area contributed by atoms with Crippen LogP contribution in [-0.4, -0.2) is 24.1 Å². The molecule has 8 rings (SSSR count). The van der Waals surface area contributed by atoms with Crippen molar-refractivity contribution in [3.8, 4) is 17.1 Å². The third-order valence-electron chi connectivity index (χ3n) is 7.88. The largest absolute Gasteiger partial charge is 0.309 e. The van der Waals surface area contributed by atoms with E-state index in [4.69, 9.17) is 10.2 Å². The highest BCUT2D eigenvalue weighted by atomic mass is 15.4. The maximum absolute atomic E-state index is 5.06. The highest BCUT2D eigenvalue weighted by Crippen LogP contribution is 2.36. The maximum atomic E-state index is 5.06. The van der Waals surface area contributed by atoms with E-state index in [2.05, 4.69) is 120 Å². The van der Waals surface area contributed by atoms with Crippen molar-refractivity contribution in [1.29, 1.82) is 0 Å². The predicted octanol–water partition coefficient (Wildman–Crippen LogP) is 8.93. The molecule has 0 spiro atoms. The first kappa shape index (κ1) is 24.9. The topological polar surface area (TPSA) is 43.8 Å². The minimum atomic E-state index is 0.783. The van der Waals surface area contributed by atoms with E-state index in [1.54, 1.807) is 0 Å². The minimum Gasteiger partial charge on any atom is -0.309 e. The van der Waals surface area contributed by atoms with Gasteiger partial charge in [0.15, 0.2) is 11.6 Å². The number of para-hydroxylation sites is 4. The summed E-state index contributed by atoms with van der Waals surface area (Å²) in [4.78, 5) is 2.11. The smallest absolute Gasteiger partial charge is 0.161 e. The number of hydrogen-bond acceptors (Lipinski definition) is 3. The van der Waals surface area contributed by atoms with Crippen LogP contribution < -0.4 is 4.90 Å². The highest BCUT2D eigenvalue weighted by molar-refractivity contribution is 6.09. The van der Waals surface area contributed by atoms with Gasteiger partial charge in [0.25, 0.3) is 0 Å². The molecule has 3 heterocycles. The average Bonchev–Trinajstić information content (AvgIpc) is 3.79. The molecule has 206 valence electrons. The van der Waals surface area contributed by atoms with Gasteiger partial charge in [-0.15, -0.1) is 10.2 Å². The molecule has 6 heteroatoms. The van der Waals surface area contributed by atoms with Crippen molar-refractivity contribution in [1.82, 2.24) is 24.1 Å². The molecule has 43 heavy (non-hydrogen) atoms. The van der Waals surface area contributed by atoms with Gasteiger partial charge < -0.3 is 4.57 Å². The molecule has 6 nitrogen and oxygen atoms in total. The van der Waals surface area contributed by atoms with Crippen LogP contribution >= 0.6 is 0 Å². The Kier molecular flexibility index (Phi) is 5.90. The van der Waals surface area contributed by atoms with E-state index in [0.717, 1.165) is 40.1 Å². The van der Waals surface area contributed by atoms with Gasteiger partial charge in [-0.2, -0.15) is 0 Å². The SMILES string of the molecule is Cc1cc(N(c2ccc(-n3c4ccccc4c4ccccc43)cc2)c2ccn(-c3ccccc3)n2)nn1-c1ccccc1. The summed E-state index contributed by atoms with van der Waals surface area (Å²) in [6, 6.07) is 50.3. The summed E-state index contributed by atoms with van der Waals surface area (Å²) < 4.78 is 6.20. The number of fused-ring (bicyclic) bond motifs is 3. The maximum Gasteiger partial charge on any atom is 0.161 e. The van der Waals surface area contributed by atoms with Crippen molar-refractivity contribution in [2.24, 2.45) is 0 Å². The van der Waals surface area contributed by atoms with Crippen LogP contribution in [-0.2, 0) is 0 Å². The van der Waals surface area contributed by atoms with Gasteiger partial charge in [0.1, 0.15) is 0 Å². The molecule has 3 aromatic heterocycles. The fraction of sp³-hybridized carbons (Fsp3) is 0.0270. The first-order valence-electron chi connectivity index (χ1n) is 14.4. The molecule has 0 fully saturated rings. The number of aryl methyl sites for hydroxylation is 1. The number of rotatable bonds is 6. The lowest BCUT2D eigenvalue weighted by Crippen LogP contribution is -2.12. The first-order valence-corrected chi connectivity index (χ1v) is 14.4. The van der Waals surface area contributed by atoms with E-state index < -0.39 is 0 Å². The van der Waals surface area contributed by atoms with Gasteiger partial charge in [-0.3, -0.25) is 4.90 Å². The Morgan fingerprint density at radius 2 is 1.09 bits per heavy atom. The van der Waals surface area contributed by atoms with Gasteiger partial charge in [-0.1, -0.05) is 72.8 Å². The number of hydrogen-bond donors (Lipinski definition) is 0. The monoisotopic (exact) mass is 556 g/mol. The minimum absolute atomic E-state index is 0.783. The summed E-state index contributed by atoms with van der Waals surface area (Å²) in [6.07, 6.45) is 1.99. The second kappa shape index (κ2) is 10.2. The lowest BCUT2D eigenvalue weighted by molar-refractivity contribution is 0.838. The van der Waals surface area contributed by atoms with Crippen molar-refractivity contribution in [3.05, 3.63) is 157 Å². The highest BCUT2D eigenvalue weighted by Gasteiger charge is 2.21. The summed E-state index contributed by atoms with van der Waals surface area (Å²) in [5.74, 6) is 1.58. The Hall–Kier alpha value is -5.88. The van der Waals surface area contributed by atoms with Gasteiger partial charge in [0, 0.05) is 46.2 Å². The van der Waals surface area contributed by atoms with Crippen molar-refractivity contribution in [2.45, 2.75) is 6.92 Å². The molecule has 0 saturated carbocycles. The van der Waals surface area contributed by atoms with Gasteiger partial charge in [0.05, 0.1) is 22.4 Å². The van der Waals surface area contributed by atoms with Gasteiger partial charge in [-0.05, 0) is 67.6 Å². The predicted molar refractivity (Wildman–Crippen MR) is 174 cm³/mol. The standard InChI is InChI=1S/C37H28N6/c1-27-26-37(39-43(27)31-14-6-3-7-15-31)42(36-24-25-40(38-36)28-12-4-2-5-13-28)30-22-20-29(21-23-30)41-34-18-10-8-16-32(34)33-17-9-11-19-35(33)41/h2-26H,1H3. The van der Waals surface area contributed by atoms with E-state index >= 15 is 0 Å². The summed E-state index contributed by atoms with van der Waals surface area (Å²) >= 11 is 0. The average molecular weight is 557 g/mol. The Morgan fingerprint density at radius 1 is 0.512 bits per heavy atom. The molecule has 0 N–H and O–H groups in total. The molecule has 8 aromatic rings. The van der Waals surface area contributed by atoms with Crippen molar-refractivity contribution in [2.75, 3.05) is 4.90 Å². The quantitative estimate of drug-likeness (QED) is 0.205. The molecule has 0 aliphatic rings. The van der Waals surface area contributed by atoms with Gasteiger partial charge in [0.2, 0.25) is 0 Å². The first-order chi connectivity index (χ1) is 21.2. The van der Waals surface area contributed by atoms with Crippen LogP contribution in [0.25, 0.3) is 38.9 Å². The summed E-state index contributed by atoms with van der Waals surface area (Å²) in [5, 5.41) is 12.5. The van der Waals surface area contributed by atoms with Crippen molar-refractivity contribution < 1.29 is 0 Å². The van der Waals surface area contributed by atoms with E-state index in [9.17, 15) is 0 Å². The van der Waals surface area contributed by atoms with Crippen LogP contribution in [0.1, 0.15) is 5.69 Å². The Balaban J connectivity index is 1.26. The van der Waals surface area contributed by atoms with Gasteiger partial charge in [-0.25, -0.2) is 9.36 Å². The lowest BCUT2D eigenvalue weighted by atomic mass is 10.2. The summed E-state index contributed by atoms with van der Waals surface area (Å²) in [6.45, 7) is 2.08. The van der Waals surface area contributed by atoms with Crippen molar-refractivity contribution in [3.63, 3.8) is 0 Å². The Labute approximate surface area is 249 Å². The second-order valence-electron chi connectivity index (χ2n) is 10.6. The number of anilines is 3. The van der Waals surface area contributed by atoms with Crippen LogP contribution in [0.5, 0.6) is 0 Å².